The lowest BCUT2D eigenvalue weighted by atomic mass is 10.1. The zero-order valence-electron chi connectivity index (χ0n) is 13.1. The number of rotatable bonds is 4. The quantitative estimate of drug-likeness (QED) is 0.853. The van der Waals surface area contributed by atoms with Gasteiger partial charge in [0.2, 0.25) is 0 Å². The summed E-state index contributed by atoms with van der Waals surface area (Å²) in [6.45, 7) is 5.91. The number of ether oxygens (including phenoxy) is 1. The monoisotopic (exact) mass is 292 g/mol. The molecule has 0 saturated carbocycles. The van der Waals surface area contributed by atoms with Gasteiger partial charge in [-0.1, -0.05) is 6.42 Å². The van der Waals surface area contributed by atoms with E-state index < -0.39 is 0 Å². The third-order valence-corrected chi connectivity index (χ3v) is 4.16. The summed E-state index contributed by atoms with van der Waals surface area (Å²) >= 11 is 0. The van der Waals surface area contributed by atoms with E-state index in [0.29, 0.717) is 30.9 Å². The van der Waals surface area contributed by atoms with Crippen molar-refractivity contribution in [3.8, 4) is 5.75 Å². The van der Waals surface area contributed by atoms with Crippen LogP contribution in [0, 0.1) is 0 Å². The SMILES string of the molecule is CCN(CC)C(=O)c1c(OC)cc(=O)n2c1CCCCC2. The van der Waals surface area contributed by atoms with Crippen LogP contribution in [0.1, 0.15) is 49.2 Å². The molecule has 0 spiro atoms. The fourth-order valence-electron chi connectivity index (χ4n) is 2.98. The van der Waals surface area contributed by atoms with Gasteiger partial charge in [-0.05, 0) is 33.1 Å². The number of nitrogens with zero attached hydrogens (tertiary/aromatic N) is 2. The van der Waals surface area contributed by atoms with Gasteiger partial charge in [0, 0.05) is 31.4 Å². The van der Waals surface area contributed by atoms with E-state index in [1.807, 2.05) is 13.8 Å². The molecule has 0 fully saturated rings. The van der Waals surface area contributed by atoms with E-state index in [1.165, 1.54) is 13.2 Å². The van der Waals surface area contributed by atoms with Gasteiger partial charge in [0.05, 0.1) is 7.11 Å². The van der Waals surface area contributed by atoms with Gasteiger partial charge in [-0.3, -0.25) is 9.59 Å². The van der Waals surface area contributed by atoms with Crippen molar-refractivity contribution in [2.45, 2.75) is 46.1 Å². The van der Waals surface area contributed by atoms with Gasteiger partial charge in [-0.2, -0.15) is 0 Å². The van der Waals surface area contributed by atoms with Gasteiger partial charge in [-0.25, -0.2) is 0 Å². The lowest BCUT2D eigenvalue weighted by Gasteiger charge is -2.23. The number of aromatic nitrogens is 1. The van der Waals surface area contributed by atoms with Crippen molar-refractivity contribution in [3.63, 3.8) is 0 Å². The molecule has 1 aliphatic rings. The maximum absolute atomic E-state index is 12.8. The molecule has 1 aliphatic heterocycles. The summed E-state index contributed by atoms with van der Waals surface area (Å²) in [7, 11) is 1.52. The summed E-state index contributed by atoms with van der Waals surface area (Å²) in [5.74, 6) is 0.368. The highest BCUT2D eigenvalue weighted by molar-refractivity contribution is 5.98. The average molecular weight is 292 g/mol. The van der Waals surface area contributed by atoms with Crippen LogP contribution in [0.5, 0.6) is 5.75 Å². The average Bonchev–Trinajstić information content (AvgIpc) is 2.74. The number of amides is 1. The van der Waals surface area contributed by atoms with E-state index >= 15 is 0 Å². The highest BCUT2D eigenvalue weighted by Gasteiger charge is 2.25. The maximum atomic E-state index is 12.8. The molecule has 0 unspecified atom stereocenters. The molecule has 1 amide bonds. The summed E-state index contributed by atoms with van der Waals surface area (Å²) in [4.78, 5) is 26.8. The maximum Gasteiger partial charge on any atom is 0.259 e. The summed E-state index contributed by atoms with van der Waals surface area (Å²) in [5.41, 5.74) is 1.34. The number of methoxy groups -OCH3 is 1. The summed E-state index contributed by atoms with van der Waals surface area (Å²) in [5, 5.41) is 0. The first-order chi connectivity index (χ1) is 10.1. The van der Waals surface area contributed by atoms with Gasteiger partial charge >= 0.3 is 0 Å². The van der Waals surface area contributed by atoms with Crippen LogP contribution in [0.15, 0.2) is 10.9 Å². The molecule has 5 nitrogen and oxygen atoms in total. The molecular formula is C16H24N2O3. The fraction of sp³-hybridized carbons (Fsp3) is 0.625. The molecule has 2 rings (SSSR count). The first-order valence-corrected chi connectivity index (χ1v) is 7.74. The molecule has 21 heavy (non-hydrogen) atoms. The Bertz CT molecular complexity index is 574. The van der Waals surface area contributed by atoms with Crippen molar-refractivity contribution in [2.24, 2.45) is 0 Å². The Kier molecular flexibility index (Phi) is 5.04. The standard InChI is InChI=1S/C16H24N2O3/c1-4-17(5-2)16(20)15-12-9-7-6-8-10-18(12)14(19)11-13(15)21-3/h11H,4-10H2,1-3H3. The Hall–Kier alpha value is -1.78. The molecule has 116 valence electrons. The largest absolute Gasteiger partial charge is 0.496 e. The van der Waals surface area contributed by atoms with Gasteiger partial charge in [-0.15, -0.1) is 0 Å². The predicted molar refractivity (Wildman–Crippen MR) is 82.1 cm³/mol. The number of pyridine rings is 1. The number of fused-ring (bicyclic) bond motifs is 1. The van der Waals surface area contributed by atoms with Crippen LogP contribution in [-0.4, -0.2) is 35.6 Å². The third kappa shape index (κ3) is 2.96. The summed E-state index contributed by atoms with van der Waals surface area (Å²) < 4.78 is 7.09. The van der Waals surface area contributed by atoms with Crippen molar-refractivity contribution in [2.75, 3.05) is 20.2 Å². The van der Waals surface area contributed by atoms with E-state index in [0.717, 1.165) is 31.4 Å². The minimum atomic E-state index is -0.0696. The normalized spacial score (nSPS) is 14.2. The lowest BCUT2D eigenvalue weighted by Crippen LogP contribution is -2.34. The van der Waals surface area contributed by atoms with Crippen LogP contribution in [0.3, 0.4) is 0 Å². The van der Waals surface area contributed by atoms with Crippen molar-refractivity contribution in [1.29, 1.82) is 0 Å². The van der Waals surface area contributed by atoms with E-state index in [2.05, 4.69) is 0 Å². The second-order valence-corrected chi connectivity index (χ2v) is 5.31. The number of carbonyl (C=O) groups excluding carboxylic acids is 1. The van der Waals surface area contributed by atoms with Crippen molar-refractivity contribution in [1.82, 2.24) is 9.47 Å². The third-order valence-electron chi connectivity index (χ3n) is 4.16. The molecule has 0 saturated heterocycles. The molecule has 1 aromatic rings. The van der Waals surface area contributed by atoms with E-state index in [-0.39, 0.29) is 11.5 Å². The fourth-order valence-corrected chi connectivity index (χ4v) is 2.98. The minimum absolute atomic E-state index is 0.0394. The predicted octanol–water partition coefficient (Wildman–Crippen LogP) is 2.07. The smallest absolute Gasteiger partial charge is 0.259 e. The van der Waals surface area contributed by atoms with Crippen LogP contribution < -0.4 is 10.3 Å². The van der Waals surface area contributed by atoms with Gasteiger partial charge in [0.15, 0.2) is 0 Å². The van der Waals surface area contributed by atoms with Crippen LogP contribution in [0.4, 0.5) is 0 Å². The van der Waals surface area contributed by atoms with Crippen molar-refractivity contribution < 1.29 is 9.53 Å². The Morgan fingerprint density at radius 2 is 2.00 bits per heavy atom. The van der Waals surface area contributed by atoms with Gasteiger partial charge in [0.1, 0.15) is 11.3 Å². The van der Waals surface area contributed by atoms with E-state index in [9.17, 15) is 9.59 Å². The molecule has 0 N–H and O–H groups in total. The summed E-state index contributed by atoms with van der Waals surface area (Å²) in [6.07, 6.45) is 3.83. The molecular weight excluding hydrogens is 268 g/mol. The summed E-state index contributed by atoms with van der Waals surface area (Å²) in [6, 6.07) is 1.45. The molecule has 1 aromatic heterocycles. The number of hydrogen-bond acceptors (Lipinski definition) is 3. The Labute approximate surface area is 125 Å². The van der Waals surface area contributed by atoms with Crippen LogP contribution in [0.2, 0.25) is 0 Å². The van der Waals surface area contributed by atoms with E-state index in [1.54, 1.807) is 9.47 Å². The number of carbonyl (C=O) groups is 1. The Morgan fingerprint density at radius 1 is 1.29 bits per heavy atom. The highest BCUT2D eigenvalue weighted by atomic mass is 16.5. The topological polar surface area (TPSA) is 51.5 Å². The van der Waals surface area contributed by atoms with E-state index in [4.69, 9.17) is 4.74 Å². The van der Waals surface area contributed by atoms with Crippen LogP contribution in [0.25, 0.3) is 0 Å². The van der Waals surface area contributed by atoms with Gasteiger partial charge in [0.25, 0.3) is 11.5 Å². The molecule has 0 aromatic carbocycles. The highest BCUT2D eigenvalue weighted by Crippen LogP contribution is 2.26. The molecule has 0 aliphatic carbocycles. The lowest BCUT2D eigenvalue weighted by molar-refractivity contribution is 0.0767. The molecule has 2 heterocycles. The second kappa shape index (κ2) is 6.78. The Balaban J connectivity index is 2.62. The van der Waals surface area contributed by atoms with Crippen LogP contribution in [-0.2, 0) is 13.0 Å². The first kappa shape index (κ1) is 15.6. The first-order valence-electron chi connectivity index (χ1n) is 7.74. The van der Waals surface area contributed by atoms with Gasteiger partial charge < -0.3 is 14.2 Å². The molecule has 5 heteroatoms. The zero-order valence-corrected chi connectivity index (χ0v) is 13.1. The van der Waals surface area contributed by atoms with Crippen molar-refractivity contribution >= 4 is 5.91 Å². The number of hydrogen-bond donors (Lipinski definition) is 0. The zero-order chi connectivity index (χ0) is 15.4. The van der Waals surface area contributed by atoms with Crippen LogP contribution >= 0.6 is 0 Å². The molecule has 0 bridgehead atoms. The molecule has 0 radical (unpaired) electrons. The minimum Gasteiger partial charge on any atom is -0.496 e. The molecule has 0 atom stereocenters. The second-order valence-electron chi connectivity index (χ2n) is 5.31. The van der Waals surface area contributed by atoms with Crippen molar-refractivity contribution in [3.05, 3.63) is 27.7 Å². The Morgan fingerprint density at radius 3 is 2.62 bits per heavy atom.